The van der Waals surface area contributed by atoms with E-state index < -0.39 is 0 Å². The molecule has 2 atom stereocenters. The third-order valence-corrected chi connectivity index (χ3v) is 5.66. The number of amides is 1. The van der Waals surface area contributed by atoms with Gasteiger partial charge in [0.05, 0.1) is 40.8 Å². The first kappa shape index (κ1) is 21.7. The number of hydrogen-bond donors (Lipinski definition) is 2. The summed E-state index contributed by atoms with van der Waals surface area (Å²) < 4.78 is 10.5. The van der Waals surface area contributed by atoms with Crippen LogP contribution >= 0.6 is 0 Å². The van der Waals surface area contributed by atoms with Crippen LogP contribution in [-0.2, 0) is 4.79 Å². The van der Waals surface area contributed by atoms with Crippen molar-refractivity contribution in [3.63, 3.8) is 0 Å². The van der Waals surface area contributed by atoms with Crippen molar-refractivity contribution in [1.82, 2.24) is 5.32 Å². The highest BCUT2D eigenvalue weighted by Crippen LogP contribution is 2.25. The SMILES string of the molecule is COc1ccc([C@H](CNC(=O)[C@H](C)c2ccc3cc(OC)ccc3c2)[NH+](C)C)cc1. The van der Waals surface area contributed by atoms with E-state index >= 15 is 0 Å². The van der Waals surface area contributed by atoms with Gasteiger partial charge in [0.25, 0.3) is 0 Å². The minimum Gasteiger partial charge on any atom is -0.497 e. The molecular weight excluding hydrogens is 376 g/mol. The van der Waals surface area contributed by atoms with Gasteiger partial charge >= 0.3 is 0 Å². The van der Waals surface area contributed by atoms with Gasteiger partial charge in [0, 0.05) is 5.56 Å². The molecule has 3 rings (SSSR count). The van der Waals surface area contributed by atoms with Crippen LogP contribution in [0.2, 0.25) is 0 Å². The lowest BCUT2D eigenvalue weighted by molar-refractivity contribution is -0.890. The number of likely N-dealkylation sites (N-methyl/N-ethyl adjacent to an activating group) is 1. The second-order valence-electron chi connectivity index (χ2n) is 7.84. The van der Waals surface area contributed by atoms with E-state index in [-0.39, 0.29) is 17.9 Å². The van der Waals surface area contributed by atoms with Gasteiger partial charge in [0.1, 0.15) is 17.5 Å². The molecule has 0 aliphatic carbocycles. The maximum Gasteiger partial charge on any atom is 0.227 e. The lowest BCUT2D eigenvalue weighted by Gasteiger charge is -2.23. The number of hydrogen-bond acceptors (Lipinski definition) is 3. The van der Waals surface area contributed by atoms with E-state index in [9.17, 15) is 4.79 Å². The van der Waals surface area contributed by atoms with Gasteiger partial charge < -0.3 is 19.7 Å². The summed E-state index contributed by atoms with van der Waals surface area (Å²) >= 11 is 0. The molecule has 0 aliphatic heterocycles. The molecular formula is C25H31N2O3+. The predicted molar refractivity (Wildman–Crippen MR) is 120 cm³/mol. The third-order valence-electron chi connectivity index (χ3n) is 5.66. The van der Waals surface area contributed by atoms with E-state index in [1.54, 1.807) is 14.2 Å². The molecule has 30 heavy (non-hydrogen) atoms. The lowest BCUT2D eigenvalue weighted by atomic mass is 9.96. The van der Waals surface area contributed by atoms with Crippen LogP contribution in [0.25, 0.3) is 10.8 Å². The fourth-order valence-electron chi connectivity index (χ4n) is 3.64. The van der Waals surface area contributed by atoms with E-state index in [1.807, 2.05) is 49.4 Å². The van der Waals surface area contributed by atoms with E-state index in [0.29, 0.717) is 6.54 Å². The average molecular weight is 408 g/mol. The largest absolute Gasteiger partial charge is 0.497 e. The molecule has 5 nitrogen and oxygen atoms in total. The number of carbonyl (C=O) groups is 1. The van der Waals surface area contributed by atoms with Gasteiger partial charge in [-0.05, 0) is 59.7 Å². The lowest BCUT2D eigenvalue weighted by Crippen LogP contribution is -3.07. The van der Waals surface area contributed by atoms with Crippen LogP contribution < -0.4 is 19.7 Å². The standard InChI is InChI=1S/C25H30N2O3/c1-17(19-6-7-21-15-23(30-5)13-10-20(21)14-19)25(28)26-16-24(27(2)3)18-8-11-22(29-4)12-9-18/h6-15,17,24H,16H2,1-5H3,(H,26,28)/p+1/t17-,24+/m1/s1. The number of fused-ring (bicyclic) bond motifs is 1. The molecule has 5 heteroatoms. The van der Waals surface area contributed by atoms with Gasteiger partial charge in [-0.3, -0.25) is 4.79 Å². The Morgan fingerprint density at radius 3 is 2.07 bits per heavy atom. The second-order valence-corrected chi connectivity index (χ2v) is 7.84. The Hall–Kier alpha value is -3.05. The topological polar surface area (TPSA) is 52.0 Å². The molecule has 0 aromatic heterocycles. The first-order valence-corrected chi connectivity index (χ1v) is 10.2. The monoisotopic (exact) mass is 407 g/mol. The molecule has 3 aromatic rings. The van der Waals surface area contributed by atoms with Crippen LogP contribution in [0.5, 0.6) is 11.5 Å². The normalized spacial score (nSPS) is 13.1. The van der Waals surface area contributed by atoms with Crippen molar-refractivity contribution in [1.29, 1.82) is 0 Å². The molecule has 2 N–H and O–H groups in total. The smallest absolute Gasteiger partial charge is 0.227 e. The maximum absolute atomic E-state index is 12.9. The summed E-state index contributed by atoms with van der Waals surface area (Å²) in [5.74, 6) is 1.46. The van der Waals surface area contributed by atoms with Crippen molar-refractivity contribution in [2.75, 3.05) is 34.9 Å². The molecule has 0 heterocycles. The van der Waals surface area contributed by atoms with Gasteiger partial charge in [-0.1, -0.05) is 24.3 Å². The highest BCUT2D eigenvalue weighted by Gasteiger charge is 2.21. The van der Waals surface area contributed by atoms with E-state index in [2.05, 4.69) is 37.6 Å². The Morgan fingerprint density at radius 2 is 1.43 bits per heavy atom. The number of benzene rings is 3. The molecule has 0 saturated carbocycles. The molecule has 0 aliphatic rings. The van der Waals surface area contributed by atoms with Crippen molar-refractivity contribution >= 4 is 16.7 Å². The minimum absolute atomic E-state index is 0.0302. The van der Waals surface area contributed by atoms with Crippen LogP contribution in [0.1, 0.15) is 30.0 Å². The van der Waals surface area contributed by atoms with Crippen molar-refractivity contribution in [2.24, 2.45) is 0 Å². The highest BCUT2D eigenvalue weighted by atomic mass is 16.5. The summed E-state index contributed by atoms with van der Waals surface area (Å²) in [5, 5.41) is 5.34. The second kappa shape index (κ2) is 9.63. The number of nitrogens with one attached hydrogen (secondary N) is 2. The van der Waals surface area contributed by atoms with E-state index in [1.165, 1.54) is 10.5 Å². The van der Waals surface area contributed by atoms with Gasteiger partial charge in [-0.25, -0.2) is 0 Å². The summed E-state index contributed by atoms with van der Waals surface area (Å²) in [4.78, 5) is 14.1. The molecule has 0 saturated heterocycles. The predicted octanol–water partition coefficient (Wildman–Crippen LogP) is 2.96. The molecule has 3 aromatic carbocycles. The first-order valence-electron chi connectivity index (χ1n) is 10.2. The van der Waals surface area contributed by atoms with E-state index in [0.717, 1.165) is 27.8 Å². The van der Waals surface area contributed by atoms with Gasteiger partial charge in [0.15, 0.2) is 0 Å². The Balaban J connectivity index is 1.69. The van der Waals surface area contributed by atoms with Gasteiger partial charge in [-0.2, -0.15) is 0 Å². The zero-order chi connectivity index (χ0) is 21.7. The van der Waals surface area contributed by atoms with Crippen molar-refractivity contribution in [2.45, 2.75) is 18.9 Å². The van der Waals surface area contributed by atoms with Crippen molar-refractivity contribution < 1.29 is 19.2 Å². The third kappa shape index (κ3) is 4.92. The maximum atomic E-state index is 12.9. The Morgan fingerprint density at radius 1 is 0.867 bits per heavy atom. The fourth-order valence-corrected chi connectivity index (χ4v) is 3.64. The molecule has 1 amide bonds. The molecule has 158 valence electrons. The summed E-state index contributed by atoms with van der Waals surface area (Å²) in [6.07, 6.45) is 0. The number of quaternary nitrogens is 1. The van der Waals surface area contributed by atoms with Crippen LogP contribution in [0, 0.1) is 0 Å². The zero-order valence-electron chi connectivity index (χ0n) is 18.4. The summed E-state index contributed by atoms with van der Waals surface area (Å²) in [6, 6.07) is 20.3. The van der Waals surface area contributed by atoms with Crippen LogP contribution in [0.4, 0.5) is 0 Å². The Bertz CT molecular complexity index is 999. The van der Waals surface area contributed by atoms with Gasteiger partial charge in [0.2, 0.25) is 5.91 Å². The van der Waals surface area contributed by atoms with Crippen molar-refractivity contribution in [3.8, 4) is 11.5 Å². The summed E-state index contributed by atoms with van der Waals surface area (Å²) in [5.41, 5.74) is 2.17. The van der Waals surface area contributed by atoms with Crippen molar-refractivity contribution in [3.05, 3.63) is 71.8 Å². The number of ether oxygens (including phenoxy) is 2. The fraction of sp³-hybridized carbons (Fsp3) is 0.320. The zero-order valence-corrected chi connectivity index (χ0v) is 18.4. The molecule has 0 unspecified atom stereocenters. The quantitative estimate of drug-likeness (QED) is 0.604. The minimum atomic E-state index is -0.231. The number of carbonyl (C=O) groups excluding carboxylic acids is 1. The number of methoxy groups -OCH3 is 2. The molecule has 0 spiro atoms. The summed E-state index contributed by atoms with van der Waals surface area (Å²) in [7, 11) is 7.52. The van der Waals surface area contributed by atoms with Gasteiger partial charge in [-0.15, -0.1) is 0 Å². The summed E-state index contributed by atoms with van der Waals surface area (Å²) in [6.45, 7) is 2.52. The van der Waals surface area contributed by atoms with Crippen LogP contribution in [0.15, 0.2) is 60.7 Å². The van der Waals surface area contributed by atoms with Crippen LogP contribution in [0.3, 0.4) is 0 Å². The molecule has 0 bridgehead atoms. The van der Waals surface area contributed by atoms with Crippen LogP contribution in [-0.4, -0.2) is 40.8 Å². The highest BCUT2D eigenvalue weighted by molar-refractivity contribution is 5.88. The number of rotatable bonds is 8. The average Bonchev–Trinajstić information content (AvgIpc) is 2.78. The van der Waals surface area contributed by atoms with E-state index in [4.69, 9.17) is 9.47 Å². The molecule has 0 radical (unpaired) electrons. The Labute approximate surface area is 178 Å². The Kier molecular flexibility index (Phi) is 6.95. The molecule has 0 fully saturated rings. The first-order chi connectivity index (χ1) is 14.4.